The molecule has 8 aromatic carbocycles. The predicted octanol–water partition coefficient (Wildman–Crippen LogP) is 14.2. The first kappa shape index (κ1) is 36.6. The third kappa shape index (κ3) is 6.06. The van der Waals surface area contributed by atoms with Gasteiger partial charge >= 0.3 is 0 Å². The molecule has 4 saturated carbocycles. The van der Waals surface area contributed by atoms with Gasteiger partial charge in [0.1, 0.15) is 0 Å². The Kier molecular flexibility index (Phi) is 8.54. The van der Waals surface area contributed by atoms with E-state index in [1.165, 1.54) is 77.3 Å². The molecule has 4 nitrogen and oxygen atoms in total. The molecule has 2 atom stereocenters. The minimum Gasteiger partial charge on any atom is -0.208 e. The molecule has 2 unspecified atom stereocenters. The van der Waals surface area contributed by atoms with Gasteiger partial charge in [-0.3, -0.25) is 0 Å². The molecule has 0 saturated heterocycles. The molecule has 1 heterocycles. The topological polar surface area (TPSA) is 62.5 Å². The molecule has 0 amide bonds. The van der Waals surface area contributed by atoms with Crippen molar-refractivity contribution in [1.29, 1.82) is 5.26 Å². The molecule has 62 heavy (non-hydrogen) atoms. The van der Waals surface area contributed by atoms with Crippen LogP contribution in [0.4, 0.5) is 0 Å². The number of aromatic nitrogens is 3. The van der Waals surface area contributed by atoms with Crippen molar-refractivity contribution in [3.63, 3.8) is 0 Å². The molecule has 296 valence electrons. The monoisotopic (exact) mass is 796 g/mol. The zero-order valence-electron chi connectivity index (χ0n) is 34.5. The second-order valence-corrected chi connectivity index (χ2v) is 18.2. The van der Waals surface area contributed by atoms with E-state index in [2.05, 4.69) is 140 Å². The molecular formula is C58H44N4. The van der Waals surface area contributed by atoms with Crippen molar-refractivity contribution in [1.82, 2.24) is 15.0 Å². The van der Waals surface area contributed by atoms with Gasteiger partial charge in [-0.2, -0.15) is 5.26 Å². The Morgan fingerprint density at radius 2 is 0.790 bits per heavy atom. The highest BCUT2D eigenvalue weighted by atomic mass is 15.0. The van der Waals surface area contributed by atoms with Crippen LogP contribution in [-0.2, 0) is 10.8 Å². The van der Waals surface area contributed by atoms with Crippen LogP contribution >= 0.6 is 0 Å². The summed E-state index contributed by atoms with van der Waals surface area (Å²) in [4.78, 5) is 15.1. The van der Waals surface area contributed by atoms with Gasteiger partial charge in [0.15, 0.2) is 17.5 Å². The van der Waals surface area contributed by atoms with Gasteiger partial charge in [-0.05, 0) is 123 Å². The van der Waals surface area contributed by atoms with E-state index >= 15 is 0 Å². The van der Waals surface area contributed by atoms with Gasteiger partial charge in [-0.25, -0.2) is 15.0 Å². The van der Waals surface area contributed by atoms with Crippen molar-refractivity contribution < 1.29 is 0 Å². The Labute approximate surface area is 362 Å². The maximum absolute atomic E-state index is 9.75. The van der Waals surface area contributed by atoms with Crippen LogP contribution < -0.4 is 0 Å². The molecule has 4 bridgehead atoms. The number of nitrogens with zero attached hydrogens (tertiary/aromatic N) is 4. The third-order valence-corrected chi connectivity index (χ3v) is 14.6. The largest absolute Gasteiger partial charge is 0.208 e. The van der Waals surface area contributed by atoms with Crippen LogP contribution in [0.1, 0.15) is 55.2 Å². The molecule has 1 aromatic heterocycles. The second kappa shape index (κ2) is 14.5. The van der Waals surface area contributed by atoms with Crippen molar-refractivity contribution in [2.45, 2.75) is 49.4 Å². The zero-order valence-corrected chi connectivity index (χ0v) is 34.5. The Morgan fingerprint density at radius 1 is 0.387 bits per heavy atom. The molecule has 4 heteroatoms. The van der Waals surface area contributed by atoms with E-state index in [9.17, 15) is 5.26 Å². The highest BCUT2D eigenvalue weighted by Crippen LogP contribution is 2.66. The number of benzene rings is 8. The van der Waals surface area contributed by atoms with Gasteiger partial charge in [0.05, 0.1) is 11.6 Å². The predicted molar refractivity (Wildman–Crippen MR) is 251 cm³/mol. The fraction of sp³-hybridized carbons (Fsp3) is 0.172. The number of hydrogen-bond donors (Lipinski definition) is 0. The van der Waals surface area contributed by atoms with Crippen LogP contribution in [0.15, 0.2) is 182 Å². The summed E-state index contributed by atoms with van der Waals surface area (Å²) in [6, 6.07) is 67.5. The lowest BCUT2D eigenvalue weighted by Crippen LogP contribution is -2.55. The van der Waals surface area contributed by atoms with Crippen LogP contribution in [0.5, 0.6) is 0 Å². The van der Waals surface area contributed by atoms with E-state index in [0.717, 1.165) is 50.2 Å². The van der Waals surface area contributed by atoms with Crippen molar-refractivity contribution in [3.8, 4) is 62.5 Å². The van der Waals surface area contributed by atoms with Crippen molar-refractivity contribution >= 4 is 21.5 Å². The summed E-state index contributed by atoms with van der Waals surface area (Å²) in [6.07, 6.45) is 7.75. The van der Waals surface area contributed by atoms with Gasteiger partial charge in [0.25, 0.3) is 0 Å². The maximum atomic E-state index is 9.75. The summed E-state index contributed by atoms with van der Waals surface area (Å²) in [5.41, 5.74) is 11.9. The van der Waals surface area contributed by atoms with E-state index in [4.69, 9.17) is 15.0 Å². The molecule has 13 rings (SSSR count). The van der Waals surface area contributed by atoms with E-state index in [0.29, 0.717) is 17.5 Å². The van der Waals surface area contributed by atoms with Crippen molar-refractivity contribution in [2.24, 2.45) is 11.8 Å². The van der Waals surface area contributed by atoms with Crippen molar-refractivity contribution in [2.75, 3.05) is 0 Å². The van der Waals surface area contributed by atoms with Crippen LogP contribution in [0.2, 0.25) is 0 Å². The fourth-order valence-corrected chi connectivity index (χ4v) is 12.3. The van der Waals surface area contributed by atoms with E-state index in [1.807, 2.05) is 48.5 Å². The number of hydrogen-bond acceptors (Lipinski definition) is 4. The van der Waals surface area contributed by atoms with E-state index < -0.39 is 0 Å². The van der Waals surface area contributed by atoms with Crippen LogP contribution in [0.25, 0.3) is 78.0 Å². The molecule has 0 spiro atoms. The summed E-state index contributed by atoms with van der Waals surface area (Å²) < 4.78 is 0. The zero-order chi connectivity index (χ0) is 41.3. The molecular weight excluding hydrogens is 753 g/mol. The van der Waals surface area contributed by atoms with Gasteiger partial charge in [-0.1, -0.05) is 170 Å². The summed E-state index contributed by atoms with van der Waals surface area (Å²) in [5, 5.41) is 14.2. The quantitative estimate of drug-likeness (QED) is 0.161. The smallest absolute Gasteiger partial charge is 0.164 e. The fourth-order valence-electron chi connectivity index (χ4n) is 12.3. The average Bonchev–Trinajstić information content (AvgIpc) is 3.33. The second-order valence-electron chi connectivity index (χ2n) is 18.2. The first-order valence-electron chi connectivity index (χ1n) is 22.1. The molecule has 0 aliphatic heterocycles. The number of nitriles is 1. The van der Waals surface area contributed by atoms with Crippen LogP contribution in [-0.4, -0.2) is 15.0 Å². The molecule has 4 aliphatic carbocycles. The molecule has 4 fully saturated rings. The first-order valence-corrected chi connectivity index (χ1v) is 22.1. The van der Waals surface area contributed by atoms with Crippen LogP contribution in [0, 0.1) is 23.2 Å². The minimum absolute atomic E-state index is 0.197. The SMILES string of the molecule is N#Cc1ccc(-c2ccc(C34CC5CC(C3)CC(c3ccc(-c6ccc(-c7nc(-c8ccccc8)nc(-c8ccccc8)n7)c7ccccc67)cc3)(C5)C4)cc2)c2ccccc12. The highest BCUT2D eigenvalue weighted by molar-refractivity contribution is 6.04. The Bertz CT molecular complexity index is 3130. The Morgan fingerprint density at radius 3 is 1.29 bits per heavy atom. The van der Waals surface area contributed by atoms with Gasteiger partial charge in [-0.15, -0.1) is 0 Å². The van der Waals surface area contributed by atoms with E-state index in [-0.39, 0.29) is 10.8 Å². The summed E-state index contributed by atoms with van der Waals surface area (Å²) in [7, 11) is 0. The minimum atomic E-state index is 0.197. The lowest BCUT2D eigenvalue weighted by atomic mass is 9.41. The molecule has 0 radical (unpaired) electrons. The average molecular weight is 797 g/mol. The Balaban J connectivity index is 0.873. The first-order chi connectivity index (χ1) is 30.5. The summed E-state index contributed by atoms with van der Waals surface area (Å²) >= 11 is 0. The summed E-state index contributed by atoms with van der Waals surface area (Å²) in [5.74, 6) is 3.52. The molecule has 4 aliphatic rings. The maximum Gasteiger partial charge on any atom is 0.164 e. The van der Waals surface area contributed by atoms with Gasteiger partial charge < -0.3 is 0 Å². The highest BCUT2D eigenvalue weighted by Gasteiger charge is 2.58. The van der Waals surface area contributed by atoms with Crippen molar-refractivity contribution in [3.05, 3.63) is 199 Å². The van der Waals surface area contributed by atoms with Gasteiger partial charge in [0, 0.05) is 22.1 Å². The molecule has 0 N–H and O–H groups in total. The third-order valence-electron chi connectivity index (χ3n) is 14.6. The number of rotatable bonds is 7. The standard InChI is InChI=1S/C58H44N4/c59-36-44-23-28-48(50-16-8-7-15-47(44)50)40-19-24-45(25-20-40)57-32-38-31-39(33-57)35-58(34-38,37-57)46-26-21-41(22-27-46)49-29-30-53(52-18-10-9-17-51(49)52)56-61-54(42-11-3-1-4-12-42)60-55(62-56)43-13-5-2-6-14-43/h1-30,38-39H,31-35,37H2. The van der Waals surface area contributed by atoms with E-state index in [1.54, 1.807) is 0 Å². The van der Waals surface area contributed by atoms with Crippen LogP contribution in [0.3, 0.4) is 0 Å². The normalized spacial score (nSPS) is 21.3. The molecule has 9 aromatic rings. The summed E-state index contributed by atoms with van der Waals surface area (Å²) in [6.45, 7) is 0. The number of fused-ring (bicyclic) bond motifs is 2. The lowest BCUT2D eigenvalue weighted by molar-refractivity contribution is -0.0281. The van der Waals surface area contributed by atoms with Gasteiger partial charge in [0.2, 0.25) is 0 Å². The Hall–Kier alpha value is -7.22. The lowest BCUT2D eigenvalue weighted by Gasteiger charge is -2.63.